The molecule has 0 aliphatic carbocycles. The Kier molecular flexibility index (Phi) is 16.8. The molecule has 0 saturated heterocycles. The molecule has 1 unspecified atom stereocenters. The third-order valence-corrected chi connectivity index (χ3v) is 4.93. The molecule has 0 aliphatic rings. The maximum absolute atomic E-state index is 10.8. The second kappa shape index (κ2) is 17.0. The number of hydrogen-bond acceptors (Lipinski definition) is 3. The first-order chi connectivity index (χ1) is 12.0. The van der Waals surface area contributed by atoms with E-state index in [4.69, 9.17) is 4.55 Å². The molecule has 5 heteroatoms. The highest BCUT2D eigenvalue weighted by atomic mass is 32.3. The van der Waals surface area contributed by atoms with Crippen molar-refractivity contribution in [3.63, 3.8) is 0 Å². The van der Waals surface area contributed by atoms with Crippen LogP contribution in [-0.2, 0) is 14.6 Å². The fourth-order valence-corrected chi connectivity index (χ4v) is 3.27. The van der Waals surface area contributed by atoms with Gasteiger partial charge in [-0.2, -0.15) is 8.42 Å². The van der Waals surface area contributed by atoms with E-state index in [0.717, 1.165) is 25.7 Å². The van der Waals surface area contributed by atoms with Crippen molar-refractivity contribution in [2.45, 2.75) is 104 Å². The van der Waals surface area contributed by atoms with Crippen LogP contribution in [0.2, 0.25) is 0 Å². The van der Waals surface area contributed by atoms with E-state index in [1.807, 2.05) is 0 Å². The Bertz CT molecular complexity index is 404. The van der Waals surface area contributed by atoms with Gasteiger partial charge in [0.2, 0.25) is 0 Å². The molecule has 0 aromatic heterocycles. The van der Waals surface area contributed by atoms with Crippen LogP contribution in [-0.4, -0.2) is 19.6 Å². The quantitative estimate of drug-likeness (QED) is 0.169. The molecular weight excluding hydrogens is 336 g/mol. The molecule has 0 amide bonds. The van der Waals surface area contributed by atoms with E-state index >= 15 is 0 Å². The van der Waals surface area contributed by atoms with Gasteiger partial charge in [-0.05, 0) is 19.3 Å². The molecule has 0 radical (unpaired) electrons. The Morgan fingerprint density at radius 2 is 1.36 bits per heavy atom. The number of unbranched alkanes of at least 4 members (excludes halogenated alkanes) is 11. The molecule has 150 valence electrons. The van der Waals surface area contributed by atoms with Gasteiger partial charge in [0, 0.05) is 5.92 Å². The van der Waals surface area contributed by atoms with Crippen LogP contribution in [0.3, 0.4) is 0 Å². The molecule has 0 bridgehead atoms. The van der Waals surface area contributed by atoms with Crippen molar-refractivity contribution in [3.8, 4) is 0 Å². The summed E-state index contributed by atoms with van der Waals surface area (Å²) in [6, 6.07) is 0. The summed E-state index contributed by atoms with van der Waals surface area (Å²) in [4.78, 5) is 0. The molecular formula is C20H40O4S. The molecule has 0 saturated carbocycles. The van der Waals surface area contributed by atoms with Gasteiger partial charge in [0.05, 0.1) is 6.61 Å². The van der Waals surface area contributed by atoms with Crippen LogP contribution >= 0.6 is 0 Å². The zero-order valence-corrected chi connectivity index (χ0v) is 17.2. The Hall–Kier alpha value is -0.390. The first-order valence-corrected chi connectivity index (χ1v) is 11.6. The van der Waals surface area contributed by atoms with Gasteiger partial charge in [0.25, 0.3) is 0 Å². The smallest absolute Gasteiger partial charge is 0.264 e. The van der Waals surface area contributed by atoms with Crippen molar-refractivity contribution in [1.82, 2.24) is 0 Å². The van der Waals surface area contributed by atoms with E-state index in [1.165, 1.54) is 64.2 Å². The van der Waals surface area contributed by atoms with E-state index in [0.29, 0.717) is 0 Å². The van der Waals surface area contributed by atoms with Crippen LogP contribution < -0.4 is 0 Å². The maximum Gasteiger partial charge on any atom is 0.397 e. The third-order valence-electron chi connectivity index (χ3n) is 4.49. The third kappa shape index (κ3) is 19.8. The van der Waals surface area contributed by atoms with Gasteiger partial charge in [-0.3, -0.25) is 4.55 Å². The molecule has 1 atom stereocenters. The van der Waals surface area contributed by atoms with Crippen LogP contribution in [0.4, 0.5) is 0 Å². The minimum absolute atomic E-state index is 0.0406. The van der Waals surface area contributed by atoms with Crippen molar-refractivity contribution >= 4 is 10.4 Å². The molecule has 0 spiro atoms. The van der Waals surface area contributed by atoms with Crippen molar-refractivity contribution < 1.29 is 17.2 Å². The topological polar surface area (TPSA) is 63.6 Å². The summed E-state index contributed by atoms with van der Waals surface area (Å²) < 4.78 is 34.8. The van der Waals surface area contributed by atoms with E-state index in [9.17, 15) is 8.42 Å². The monoisotopic (exact) mass is 376 g/mol. The normalized spacial score (nSPS) is 13.6. The molecule has 1 N–H and O–H groups in total. The molecule has 0 aliphatic heterocycles. The average molecular weight is 377 g/mol. The number of allylic oxidation sites excluding steroid dienone is 1. The standard InChI is InChI=1S/C20H40O4S/c1-3-5-7-9-10-11-12-13-14-16-18-20(17-15-8-6-4-2)19-24-25(21,22)23/h16,18,20H,3-15,17,19H2,1-2H3,(H,21,22,23)/b18-16+. The van der Waals surface area contributed by atoms with Crippen LogP contribution in [0.15, 0.2) is 12.2 Å². The molecule has 0 fully saturated rings. The van der Waals surface area contributed by atoms with Crippen LogP contribution in [0.1, 0.15) is 104 Å². The average Bonchev–Trinajstić information content (AvgIpc) is 2.56. The predicted molar refractivity (Wildman–Crippen MR) is 106 cm³/mol. The second-order valence-corrected chi connectivity index (χ2v) is 8.10. The van der Waals surface area contributed by atoms with Crippen molar-refractivity contribution in [1.29, 1.82) is 0 Å². The van der Waals surface area contributed by atoms with Crippen LogP contribution in [0, 0.1) is 5.92 Å². The summed E-state index contributed by atoms with van der Waals surface area (Å²) in [6.07, 6.45) is 21.2. The van der Waals surface area contributed by atoms with E-state index in [-0.39, 0.29) is 12.5 Å². The van der Waals surface area contributed by atoms with Gasteiger partial charge in [-0.1, -0.05) is 96.6 Å². The summed E-state index contributed by atoms with van der Waals surface area (Å²) in [5.74, 6) is 0.0628. The van der Waals surface area contributed by atoms with Gasteiger partial charge in [0.1, 0.15) is 0 Å². The Balaban J connectivity index is 3.90. The van der Waals surface area contributed by atoms with Crippen molar-refractivity contribution in [2.24, 2.45) is 5.92 Å². The minimum Gasteiger partial charge on any atom is -0.264 e. The van der Waals surface area contributed by atoms with Gasteiger partial charge in [0.15, 0.2) is 0 Å². The Morgan fingerprint density at radius 3 is 1.92 bits per heavy atom. The second-order valence-electron chi connectivity index (χ2n) is 7.01. The highest BCUT2D eigenvalue weighted by molar-refractivity contribution is 7.80. The zero-order chi connectivity index (χ0) is 18.8. The molecule has 0 heterocycles. The lowest BCUT2D eigenvalue weighted by atomic mass is 10.00. The molecule has 0 rings (SSSR count). The first kappa shape index (κ1) is 24.6. The largest absolute Gasteiger partial charge is 0.397 e. The summed E-state index contributed by atoms with van der Waals surface area (Å²) in [5, 5.41) is 0. The van der Waals surface area contributed by atoms with Crippen molar-refractivity contribution in [2.75, 3.05) is 6.61 Å². The van der Waals surface area contributed by atoms with E-state index < -0.39 is 10.4 Å². The SMILES string of the molecule is CCCCCCCCCC/C=C/C(CCCCCC)COS(=O)(=O)O. The first-order valence-electron chi connectivity index (χ1n) is 10.3. The van der Waals surface area contributed by atoms with Gasteiger partial charge in [-0.15, -0.1) is 0 Å². The van der Waals surface area contributed by atoms with E-state index in [1.54, 1.807) is 0 Å². The highest BCUT2D eigenvalue weighted by Crippen LogP contribution is 2.15. The lowest BCUT2D eigenvalue weighted by Gasteiger charge is -2.11. The van der Waals surface area contributed by atoms with Gasteiger partial charge in [-0.25, -0.2) is 4.18 Å². The fourth-order valence-electron chi connectivity index (χ4n) is 2.93. The Labute approximate surface area is 156 Å². The molecule has 0 aromatic rings. The number of hydrogen-bond donors (Lipinski definition) is 1. The molecule has 25 heavy (non-hydrogen) atoms. The summed E-state index contributed by atoms with van der Waals surface area (Å²) in [7, 11) is -4.34. The predicted octanol–water partition coefficient (Wildman–Crippen LogP) is 6.48. The Morgan fingerprint density at radius 1 is 0.840 bits per heavy atom. The zero-order valence-electron chi connectivity index (χ0n) is 16.4. The summed E-state index contributed by atoms with van der Waals surface area (Å²) in [5.41, 5.74) is 0. The summed E-state index contributed by atoms with van der Waals surface area (Å²) in [6.45, 7) is 4.45. The number of rotatable bonds is 18. The van der Waals surface area contributed by atoms with Gasteiger partial charge < -0.3 is 0 Å². The molecule has 4 nitrogen and oxygen atoms in total. The minimum atomic E-state index is -4.34. The highest BCUT2D eigenvalue weighted by Gasteiger charge is 2.11. The molecule has 0 aromatic carbocycles. The lowest BCUT2D eigenvalue weighted by Crippen LogP contribution is -2.12. The van der Waals surface area contributed by atoms with E-state index in [2.05, 4.69) is 30.2 Å². The van der Waals surface area contributed by atoms with Crippen molar-refractivity contribution in [3.05, 3.63) is 12.2 Å². The maximum atomic E-state index is 10.8. The summed E-state index contributed by atoms with van der Waals surface area (Å²) >= 11 is 0. The lowest BCUT2D eigenvalue weighted by molar-refractivity contribution is 0.234. The fraction of sp³-hybridized carbons (Fsp3) is 0.900. The van der Waals surface area contributed by atoms with Crippen LogP contribution in [0.25, 0.3) is 0 Å². The van der Waals surface area contributed by atoms with Gasteiger partial charge >= 0.3 is 10.4 Å². The van der Waals surface area contributed by atoms with Crippen LogP contribution in [0.5, 0.6) is 0 Å².